The molecule has 92 valence electrons. The molecule has 0 aliphatic carbocycles. The van der Waals surface area contributed by atoms with Gasteiger partial charge in [-0.1, -0.05) is 0 Å². The van der Waals surface area contributed by atoms with Crippen LogP contribution in [0.25, 0.3) is 0 Å². The Bertz CT molecular complexity index is 562. The van der Waals surface area contributed by atoms with Crippen molar-refractivity contribution < 1.29 is 18.3 Å². The van der Waals surface area contributed by atoms with Crippen molar-refractivity contribution in [3.8, 4) is 11.5 Å². The summed E-state index contributed by atoms with van der Waals surface area (Å²) < 4.78 is 32.0. The lowest BCUT2D eigenvalue weighted by atomic mass is 10.2. The highest BCUT2D eigenvalue weighted by atomic mass is 19.1. The van der Waals surface area contributed by atoms with Gasteiger partial charge in [-0.3, -0.25) is 4.79 Å². The van der Waals surface area contributed by atoms with Gasteiger partial charge in [0.2, 0.25) is 0 Å². The zero-order chi connectivity index (χ0) is 13.1. The molecule has 1 aromatic carbocycles. The summed E-state index contributed by atoms with van der Waals surface area (Å²) in [5.41, 5.74) is -0.0995. The molecule has 6 heteroatoms. The Morgan fingerprint density at radius 2 is 1.72 bits per heavy atom. The van der Waals surface area contributed by atoms with Crippen LogP contribution in [0.4, 0.5) is 8.78 Å². The first-order chi connectivity index (χ1) is 8.60. The maximum absolute atomic E-state index is 13.5. The van der Waals surface area contributed by atoms with Gasteiger partial charge >= 0.3 is 0 Å². The molecule has 2 aromatic rings. The smallest absolute Gasteiger partial charge is 0.198 e. The fourth-order valence-electron chi connectivity index (χ4n) is 1.30. The number of nitrogens with zero attached hydrogens (tertiary/aromatic N) is 2. The number of aromatic nitrogens is 2. The summed E-state index contributed by atoms with van der Waals surface area (Å²) in [6.07, 6.45) is 2.95. The van der Waals surface area contributed by atoms with Gasteiger partial charge in [0.1, 0.15) is 12.1 Å². The van der Waals surface area contributed by atoms with E-state index in [0.29, 0.717) is 12.1 Å². The molecule has 0 atom stereocenters. The fourth-order valence-corrected chi connectivity index (χ4v) is 1.30. The topological polar surface area (TPSA) is 52.1 Å². The van der Waals surface area contributed by atoms with Crippen molar-refractivity contribution in [3.63, 3.8) is 0 Å². The molecule has 0 amide bonds. The van der Waals surface area contributed by atoms with Crippen LogP contribution in [0.2, 0.25) is 0 Å². The summed E-state index contributed by atoms with van der Waals surface area (Å²) in [7, 11) is 0. The number of aldehydes is 1. The zero-order valence-electron chi connectivity index (χ0n) is 9.35. The first-order valence-electron chi connectivity index (χ1n) is 5.01. The van der Waals surface area contributed by atoms with Crippen molar-refractivity contribution in [2.45, 2.75) is 6.92 Å². The van der Waals surface area contributed by atoms with E-state index in [2.05, 4.69) is 9.97 Å². The van der Waals surface area contributed by atoms with E-state index in [-0.39, 0.29) is 11.3 Å². The largest absolute Gasteiger partial charge is 0.448 e. The maximum Gasteiger partial charge on any atom is 0.198 e. The minimum Gasteiger partial charge on any atom is -0.448 e. The minimum absolute atomic E-state index is 0.0995. The van der Waals surface area contributed by atoms with Gasteiger partial charge in [-0.05, 0) is 19.1 Å². The van der Waals surface area contributed by atoms with E-state index in [4.69, 9.17) is 4.74 Å². The molecule has 0 N–H and O–H groups in total. The number of carbonyl (C=O) groups excluding carboxylic acids is 1. The standard InChI is InChI=1S/C12H8F2N2O2/c1-7-15-4-9(5-16-7)18-12-10(13)2-8(6-17)3-11(12)14/h2-6H,1H3. The van der Waals surface area contributed by atoms with E-state index < -0.39 is 17.4 Å². The van der Waals surface area contributed by atoms with Gasteiger partial charge in [-0.25, -0.2) is 18.7 Å². The Kier molecular flexibility index (Phi) is 3.27. The Morgan fingerprint density at radius 3 is 2.22 bits per heavy atom. The van der Waals surface area contributed by atoms with E-state index in [9.17, 15) is 13.6 Å². The highest BCUT2D eigenvalue weighted by Gasteiger charge is 2.13. The van der Waals surface area contributed by atoms with Gasteiger partial charge in [-0.2, -0.15) is 0 Å². The monoisotopic (exact) mass is 250 g/mol. The average molecular weight is 250 g/mol. The van der Waals surface area contributed by atoms with Gasteiger partial charge in [0.25, 0.3) is 0 Å². The summed E-state index contributed by atoms with van der Waals surface area (Å²) in [4.78, 5) is 18.1. The predicted octanol–water partition coefficient (Wildman–Crippen LogP) is 2.67. The van der Waals surface area contributed by atoms with E-state index in [1.165, 1.54) is 12.4 Å². The molecule has 0 spiro atoms. The van der Waals surface area contributed by atoms with E-state index >= 15 is 0 Å². The van der Waals surface area contributed by atoms with Crippen molar-refractivity contribution in [1.29, 1.82) is 0 Å². The highest BCUT2D eigenvalue weighted by molar-refractivity contribution is 5.75. The van der Waals surface area contributed by atoms with Gasteiger partial charge in [-0.15, -0.1) is 0 Å². The zero-order valence-corrected chi connectivity index (χ0v) is 9.35. The van der Waals surface area contributed by atoms with E-state index in [0.717, 1.165) is 12.1 Å². The lowest BCUT2D eigenvalue weighted by Crippen LogP contribution is -1.96. The molecule has 1 aromatic heterocycles. The first kappa shape index (κ1) is 12.1. The molecular formula is C12H8F2N2O2. The molecule has 1 heterocycles. The molecule has 0 aliphatic heterocycles. The van der Waals surface area contributed by atoms with E-state index in [1.807, 2.05) is 0 Å². The summed E-state index contributed by atoms with van der Waals surface area (Å²) in [5.74, 6) is -1.89. The van der Waals surface area contributed by atoms with Gasteiger partial charge in [0.05, 0.1) is 12.4 Å². The van der Waals surface area contributed by atoms with Gasteiger partial charge in [0.15, 0.2) is 23.1 Å². The number of ether oxygens (including phenoxy) is 1. The van der Waals surface area contributed by atoms with Gasteiger partial charge in [0, 0.05) is 5.56 Å². The lowest BCUT2D eigenvalue weighted by molar-refractivity contribution is 0.112. The first-order valence-corrected chi connectivity index (χ1v) is 5.01. The second-order valence-electron chi connectivity index (χ2n) is 3.50. The number of carbonyl (C=O) groups is 1. The quantitative estimate of drug-likeness (QED) is 0.786. The van der Waals surface area contributed by atoms with Crippen LogP contribution >= 0.6 is 0 Å². The molecule has 2 rings (SSSR count). The Labute approximate surface area is 101 Å². The van der Waals surface area contributed by atoms with Crippen LogP contribution in [0, 0.1) is 18.6 Å². The molecule has 18 heavy (non-hydrogen) atoms. The van der Waals surface area contributed by atoms with Crippen LogP contribution in [0.5, 0.6) is 11.5 Å². The molecule has 0 saturated heterocycles. The molecule has 0 fully saturated rings. The Balaban J connectivity index is 2.34. The van der Waals surface area contributed by atoms with Crippen molar-refractivity contribution in [1.82, 2.24) is 9.97 Å². The second kappa shape index (κ2) is 4.87. The molecule has 4 nitrogen and oxygen atoms in total. The van der Waals surface area contributed by atoms with Crippen LogP contribution in [0.1, 0.15) is 16.2 Å². The number of aryl methyl sites for hydroxylation is 1. The second-order valence-corrected chi connectivity index (χ2v) is 3.50. The molecular weight excluding hydrogens is 242 g/mol. The highest BCUT2D eigenvalue weighted by Crippen LogP contribution is 2.27. The van der Waals surface area contributed by atoms with Crippen LogP contribution in [0.15, 0.2) is 24.5 Å². The lowest BCUT2D eigenvalue weighted by Gasteiger charge is -2.07. The average Bonchev–Trinajstić information content (AvgIpc) is 2.35. The molecule has 0 aliphatic rings. The van der Waals surface area contributed by atoms with E-state index in [1.54, 1.807) is 6.92 Å². The summed E-state index contributed by atoms with van der Waals surface area (Å²) >= 11 is 0. The summed E-state index contributed by atoms with van der Waals surface area (Å²) in [5, 5.41) is 0. The number of hydrogen-bond donors (Lipinski definition) is 0. The van der Waals surface area contributed by atoms with Crippen molar-refractivity contribution in [3.05, 3.63) is 47.5 Å². The van der Waals surface area contributed by atoms with Crippen LogP contribution in [-0.2, 0) is 0 Å². The molecule has 0 radical (unpaired) electrons. The number of halogens is 2. The Hall–Kier alpha value is -2.37. The number of hydrogen-bond acceptors (Lipinski definition) is 4. The maximum atomic E-state index is 13.5. The van der Waals surface area contributed by atoms with Crippen LogP contribution < -0.4 is 4.74 Å². The fraction of sp³-hybridized carbons (Fsp3) is 0.0833. The molecule has 0 unspecified atom stereocenters. The third-order valence-corrected chi connectivity index (χ3v) is 2.13. The Morgan fingerprint density at radius 1 is 1.17 bits per heavy atom. The predicted molar refractivity (Wildman–Crippen MR) is 58.6 cm³/mol. The third kappa shape index (κ3) is 2.48. The minimum atomic E-state index is -0.960. The summed E-state index contributed by atoms with van der Waals surface area (Å²) in [6, 6.07) is 1.78. The van der Waals surface area contributed by atoms with Crippen molar-refractivity contribution in [2.24, 2.45) is 0 Å². The number of rotatable bonds is 3. The number of benzene rings is 1. The third-order valence-electron chi connectivity index (χ3n) is 2.13. The van der Waals surface area contributed by atoms with Gasteiger partial charge < -0.3 is 4.74 Å². The molecule has 0 bridgehead atoms. The van der Waals surface area contributed by atoms with Crippen LogP contribution in [0.3, 0.4) is 0 Å². The SMILES string of the molecule is Cc1ncc(Oc2c(F)cc(C=O)cc2F)cn1. The van der Waals surface area contributed by atoms with Crippen molar-refractivity contribution in [2.75, 3.05) is 0 Å². The molecule has 0 saturated carbocycles. The normalized spacial score (nSPS) is 10.2. The van der Waals surface area contributed by atoms with Crippen LogP contribution in [-0.4, -0.2) is 16.3 Å². The summed E-state index contributed by atoms with van der Waals surface area (Å²) in [6.45, 7) is 1.67. The van der Waals surface area contributed by atoms with Crippen molar-refractivity contribution >= 4 is 6.29 Å².